The van der Waals surface area contributed by atoms with Gasteiger partial charge in [-0.25, -0.2) is 0 Å². The third-order valence-electron chi connectivity index (χ3n) is 7.14. The summed E-state index contributed by atoms with van der Waals surface area (Å²) in [5, 5.41) is 0. The first kappa shape index (κ1) is 35.5. The second kappa shape index (κ2) is 27.6. The highest BCUT2D eigenvalue weighted by atomic mass is 35.5. The van der Waals surface area contributed by atoms with Crippen LogP contribution in [-0.2, 0) is 9.59 Å². The summed E-state index contributed by atoms with van der Waals surface area (Å²) in [7, 11) is 0. The van der Waals surface area contributed by atoms with Gasteiger partial charge in [-0.3, -0.25) is 9.59 Å². The van der Waals surface area contributed by atoms with E-state index in [9.17, 15) is 9.59 Å². The summed E-state index contributed by atoms with van der Waals surface area (Å²) in [6.07, 6.45) is 25.4. The van der Waals surface area contributed by atoms with Crippen LogP contribution in [0.1, 0.15) is 142 Å². The monoisotopic (exact) mass is 548 g/mol. The van der Waals surface area contributed by atoms with Gasteiger partial charge in [-0.2, -0.15) is 0 Å². The first-order valence-corrected chi connectivity index (χ1v) is 16.3. The highest BCUT2D eigenvalue weighted by Gasteiger charge is 2.17. The second-order valence-electron chi connectivity index (χ2n) is 10.4. The molecule has 0 aromatic heterocycles. The molecule has 0 N–H and O–H groups in total. The number of carbonyl (C=O) groups excluding carboxylic acids is 2. The Hall–Kier alpha value is -0.480. The molecule has 0 aliphatic rings. The van der Waals surface area contributed by atoms with Crippen molar-refractivity contribution in [1.29, 1.82) is 0 Å². The van der Waals surface area contributed by atoms with E-state index >= 15 is 0 Å². The lowest BCUT2D eigenvalue weighted by atomic mass is 10.1. The highest BCUT2D eigenvalue weighted by Crippen LogP contribution is 2.13. The van der Waals surface area contributed by atoms with Crippen LogP contribution in [0.3, 0.4) is 0 Å². The molecule has 0 saturated carbocycles. The predicted molar refractivity (Wildman–Crippen MR) is 158 cm³/mol. The second-order valence-corrected chi connectivity index (χ2v) is 10.9. The summed E-state index contributed by atoms with van der Waals surface area (Å²) in [6.45, 7) is 7.05. The van der Waals surface area contributed by atoms with E-state index in [4.69, 9.17) is 23.2 Å². The molecule has 0 unspecified atom stereocenters. The molecule has 0 saturated heterocycles. The van der Waals surface area contributed by atoms with Crippen molar-refractivity contribution in [2.75, 3.05) is 37.9 Å². The van der Waals surface area contributed by atoms with Crippen molar-refractivity contribution >= 4 is 35.0 Å². The maximum atomic E-state index is 12.4. The number of unbranched alkanes of at least 4 members (excludes halogenated alkanes) is 18. The van der Waals surface area contributed by atoms with E-state index in [1.165, 1.54) is 103 Å². The summed E-state index contributed by atoms with van der Waals surface area (Å²) in [6, 6.07) is 0. The quantitative estimate of drug-likeness (QED) is 0.0758. The van der Waals surface area contributed by atoms with Gasteiger partial charge in [-0.15, -0.1) is 23.2 Å². The minimum absolute atomic E-state index is 0.000340. The average molecular weight is 550 g/mol. The molecule has 4 nitrogen and oxygen atoms in total. The molecule has 2 amide bonds. The molecule has 0 aromatic rings. The third kappa shape index (κ3) is 21.6. The summed E-state index contributed by atoms with van der Waals surface area (Å²) < 4.78 is 0. The van der Waals surface area contributed by atoms with Gasteiger partial charge in [0.05, 0.1) is 0 Å². The van der Waals surface area contributed by atoms with E-state index in [1.807, 2.05) is 9.80 Å². The molecular weight excluding hydrogens is 491 g/mol. The zero-order valence-corrected chi connectivity index (χ0v) is 25.4. The molecule has 0 aromatic carbocycles. The average Bonchev–Trinajstić information content (AvgIpc) is 2.90. The van der Waals surface area contributed by atoms with Gasteiger partial charge in [0.2, 0.25) is 11.8 Å². The molecule has 0 spiro atoms. The largest absolute Gasteiger partial charge is 0.340 e. The molecule has 0 bridgehead atoms. The van der Waals surface area contributed by atoms with Crippen molar-refractivity contribution in [2.24, 2.45) is 0 Å². The van der Waals surface area contributed by atoms with Gasteiger partial charge in [0.15, 0.2) is 0 Å². The molecule has 6 heteroatoms. The van der Waals surface area contributed by atoms with Crippen LogP contribution in [0.4, 0.5) is 0 Å². The van der Waals surface area contributed by atoms with Crippen LogP contribution in [0.25, 0.3) is 0 Å². The smallest absolute Gasteiger partial charge is 0.237 e. The number of rotatable bonds is 27. The minimum atomic E-state index is -0.0372. The van der Waals surface area contributed by atoms with Gasteiger partial charge in [0.25, 0.3) is 0 Å². The lowest BCUT2D eigenvalue weighted by molar-refractivity contribution is -0.132. The fourth-order valence-corrected chi connectivity index (χ4v) is 5.05. The summed E-state index contributed by atoms with van der Waals surface area (Å²) in [4.78, 5) is 28.4. The summed E-state index contributed by atoms with van der Waals surface area (Å²) in [5.41, 5.74) is 0. The lowest BCUT2D eigenvalue weighted by Gasteiger charge is -2.27. The van der Waals surface area contributed by atoms with E-state index in [0.29, 0.717) is 13.1 Å². The standard InChI is InChI=1S/C30H58Cl2N2O2/c1-3-5-7-9-11-13-15-17-19-21-23-33(29(35)27-31)25-26-34(30(36)28-32)24-22-20-18-16-14-12-10-8-6-4-2/h3-28H2,1-2H3. The minimum Gasteiger partial charge on any atom is -0.340 e. The van der Waals surface area contributed by atoms with Crippen molar-refractivity contribution in [3.8, 4) is 0 Å². The Morgan fingerprint density at radius 2 is 0.667 bits per heavy atom. The van der Waals surface area contributed by atoms with Gasteiger partial charge in [0, 0.05) is 26.2 Å². The topological polar surface area (TPSA) is 40.6 Å². The van der Waals surface area contributed by atoms with Crippen molar-refractivity contribution in [2.45, 2.75) is 142 Å². The number of hydrogen-bond acceptors (Lipinski definition) is 2. The van der Waals surface area contributed by atoms with Gasteiger partial charge in [0.1, 0.15) is 11.8 Å². The summed E-state index contributed by atoms with van der Waals surface area (Å²) in [5.74, 6) is -0.0751. The van der Waals surface area contributed by atoms with Crippen LogP contribution in [0.15, 0.2) is 0 Å². The van der Waals surface area contributed by atoms with Crippen LogP contribution >= 0.6 is 23.2 Å². The molecule has 0 fully saturated rings. The normalized spacial score (nSPS) is 11.1. The van der Waals surface area contributed by atoms with E-state index in [0.717, 1.165) is 38.8 Å². The molecule has 0 heterocycles. The number of carbonyl (C=O) groups is 2. The first-order chi connectivity index (χ1) is 17.6. The van der Waals surface area contributed by atoms with Gasteiger partial charge in [-0.05, 0) is 12.8 Å². The Morgan fingerprint density at radius 3 is 0.917 bits per heavy atom. The van der Waals surface area contributed by atoms with E-state index in [1.54, 1.807) is 0 Å². The predicted octanol–water partition coefficient (Wildman–Crippen LogP) is 8.96. The zero-order chi connectivity index (χ0) is 26.7. The Kier molecular flexibility index (Phi) is 27.2. The van der Waals surface area contributed by atoms with Crippen LogP contribution in [0, 0.1) is 0 Å². The Balaban J connectivity index is 4.14. The fraction of sp³-hybridized carbons (Fsp3) is 0.933. The van der Waals surface area contributed by atoms with Gasteiger partial charge >= 0.3 is 0 Å². The number of nitrogens with zero attached hydrogens (tertiary/aromatic N) is 2. The van der Waals surface area contributed by atoms with Crippen LogP contribution in [-0.4, -0.2) is 59.6 Å². The van der Waals surface area contributed by atoms with Crippen LogP contribution in [0.5, 0.6) is 0 Å². The molecule has 0 rings (SSSR count). The molecule has 0 atom stereocenters. The number of alkyl halides is 2. The molecule has 0 radical (unpaired) electrons. The Bertz CT molecular complexity index is 461. The maximum absolute atomic E-state index is 12.4. The number of hydrogen-bond donors (Lipinski definition) is 0. The van der Waals surface area contributed by atoms with Gasteiger partial charge in [-0.1, -0.05) is 129 Å². The molecular formula is C30H58Cl2N2O2. The Labute approximate surface area is 234 Å². The summed E-state index contributed by atoms with van der Waals surface area (Å²) >= 11 is 11.7. The molecule has 0 aliphatic heterocycles. The molecule has 214 valence electrons. The van der Waals surface area contributed by atoms with Crippen molar-refractivity contribution < 1.29 is 9.59 Å². The number of halogens is 2. The number of amides is 2. The highest BCUT2D eigenvalue weighted by molar-refractivity contribution is 6.27. The first-order valence-electron chi connectivity index (χ1n) is 15.3. The zero-order valence-electron chi connectivity index (χ0n) is 23.9. The van der Waals surface area contributed by atoms with Crippen molar-refractivity contribution in [1.82, 2.24) is 9.80 Å². The van der Waals surface area contributed by atoms with Gasteiger partial charge < -0.3 is 9.80 Å². The SMILES string of the molecule is CCCCCCCCCCCCN(CCN(CCCCCCCCCCCC)C(=O)CCl)C(=O)CCl. The third-order valence-corrected chi connectivity index (χ3v) is 7.59. The van der Waals surface area contributed by atoms with Crippen LogP contribution in [0.2, 0.25) is 0 Å². The van der Waals surface area contributed by atoms with E-state index < -0.39 is 0 Å². The van der Waals surface area contributed by atoms with Crippen molar-refractivity contribution in [3.63, 3.8) is 0 Å². The molecule has 0 aliphatic carbocycles. The molecule has 36 heavy (non-hydrogen) atoms. The van der Waals surface area contributed by atoms with Crippen molar-refractivity contribution in [3.05, 3.63) is 0 Å². The van der Waals surface area contributed by atoms with E-state index in [-0.39, 0.29) is 23.6 Å². The van der Waals surface area contributed by atoms with E-state index in [2.05, 4.69) is 13.8 Å². The van der Waals surface area contributed by atoms with Crippen LogP contribution < -0.4 is 0 Å². The maximum Gasteiger partial charge on any atom is 0.237 e. The lowest BCUT2D eigenvalue weighted by Crippen LogP contribution is -2.42. The fourth-order valence-electron chi connectivity index (χ4n) is 4.71. The Morgan fingerprint density at radius 1 is 0.417 bits per heavy atom.